The normalized spacial score (nSPS) is 14.7. The van der Waals surface area contributed by atoms with Gasteiger partial charge in [0, 0.05) is 52.4 Å². The molecule has 2 unspecified atom stereocenters. The molecular formula is C48H50Br2N2O9S2. The summed E-state index contributed by atoms with van der Waals surface area (Å²) in [6.45, 7) is 8.15. The number of benzene rings is 6. The topological polar surface area (TPSA) is 143 Å². The van der Waals surface area contributed by atoms with Crippen molar-refractivity contribution in [1.29, 1.82) is 0 Å². The van der Waals surface area contributed by atoms with Crippen LogP contribution < -0.4 is 13.3 Å². The minimum absolute atomic E-state index is 0.0389. The van der Waals surface area contributed by atoms with E-state index in [0.717, 1.165) is 43.4 Å². The van der Waals surface area contributed by atoms with E-state index in [4.69, 9.17) is 13.1 Å². The largest absolute Gasteiger partial charge is 0.395 e. The number of halogens is 2. The maximum Gasteiger partial charge on any atom is 0.339 e. The van der Waals surface area contributed by atoms with Crippen LogP contribution in [0.3, 0.4) is 0 Å². The van der Waals surface area contributed by atoms with Crippen molar-refractivity contribution in [1.82, 2.24) is 4.90 Å². The lowest BCUT2D eigenvalue weighted by atomic mass is 9.96. The van der Waals surface area contributed by atoms with Gasteiger partial charge in [-0.25, -0.2) is 0 Å². The number of hydrogen-bond acceptors (Lipinski definition) is 11. The van der Waals surface area contributed by atoms with Crippen molar-refractivity contribution >= 4 is 63.5 Å². The zero-order valence-electron chi connectivity index (χ0n) is 35.3. The molecule has 0 aromatic heterocycles. The Morgan fingerprint density at radius 3 is 1.95 bits per heavy atom. The van der Waals surface area contributed by atoms with Crippen molar-refractivity contribution in [3.63, 3.8) is 0 Å². The summed E-state index contributed by atoms with van der Waals surface area (Å²) in [4.78, 5) is 4.29. The highest BCUT2D eigenvalue weighted by Crippen LogP contribution is 2.35. The Morgan fingerprint density at radius 2 is 1.33 bits per heavy atom. The van der Waals surface area contributed by atoms with Crippen LogP contribution in [-0.4, -0.2) is 71.4 Å². The minimum atomic E-state index is -3.99. The van der Waals surface area contributed by atoms with Crippen LogP contribution in [0.15, 0.2) is 152 Å². The van der Waals surface area contributed by atoms with Crippen LogP contribution in [0.2, 0.25) is 0 Å². The molecule has 2 atom stereocenters. The number of aryl methyl sites for hydroxylation is 2. The van der Waals surface area contributed by atoms with Gasteiger partial charge in [-0.3, -0.25) is 4.90 Å². The number of anilines is 2. The zero-order chi connectivity index (χ0) is 45.3. The summed E-state index contributed by atoms with van der Waals surface area (Å²) in [5.74, 6) is 0.395. The molecule has 1 heterocycles. The molecular weight excluding hydrogens is 972 g/mol. The highest BCUT2D eigenvalue weighted by Gasteiger charge is 2.23. The van der Waals surface area contributed by atoms with Crippen molar-refractivity contribution in [2.45, 2.75) is 55.7 Å². The number of fused-ring (bicyclic) bond motifs is 1. The molecule has 6 aromatic carbocycles. The Labute approximate surface area is 387 Å². The summed E-state index contributed by atoms with van der Waals surface area (Å²) in [5.41, 5.74) is 7.12. The van der Waals surface area contributed by atoms with Crippen LogP contribution in [0.1, 0.15) is 46.4 Å². The molecule has 0 bridgehead atoms. The Hall–Kier alpha value is -4.58. The van der Waals surface area contributed by atoms with Crippen molar-refractivity contribution in [3.05, 3.63) is 176 Å². The van der Waals surface area contributed by atoms with Crippen molar-refractivity contribution in [2.75, 3.05) is 38.3 Å². The molecule has 332 valence electrons. The maximum atomic E-state index is 12.7. The molecule has 1 aliphatic heterocycles. The third kappa shape index (κ3) is 13.0. The standard InChI is InChI=1S/C24H26BrNO5S.C24H24BrNO4S/c1-17-6-9-22(10-7-17)32(29,30)31-21-5-3-4-18(15-21)24(28)23-11-8-20(25)14-19(23)16-26(2)12-13-27;1-17-6-9-23(10-7-17)31(27,28)30-22-5-3-4-21(16-22)26-12-13-29-18(2)14-19-15-20(25)8-11-24(19)26/h3-11,14-15,24,27-28H,12-13,16H2,1-2H3;3-11,15-16,18H,12-14H2,1-2H3. The summed E-state index contributed by atoms with van der Waals surface area (Å²) in [6.07, 6.45) is -0.0562. The Balaban J connectivity index is 0.000000210. The second kappa shape index (κ2) is 21.4. The van der Waals surface area contributed by atoms with Gasteiger partial charge in [0.2, 0.25) is 0 Å². The van der Waals surface area contributed by atoms with E-state index in [-0.39, 0.29) is 34.0 Å². The average molecular weight is 1020 g/mol. The van der Waals surface area contributed by atoms with E-state index in [0.29, 0.717) is 37.4 Å². The van der Waals surface area contributed by atoms with E-state index in [9.17, 15) is 27.0 Å². The quantitative estimate of drug-likeness (QED) is 0.107. The number of aliphatic hydroxyl groups excluding tert-OH is 2. The van der Waals surface area contributed by atoms with Crippen LogP contribution >= 0.6 is 31.9 Å². The van der Waals surface area contributed by atoms with Crippen molar-refractivity contribution < 1.29 is 40.2 Å². The average Bonchev–Trinajstić information content (AvgIpc) is 3.22. The van der Waals surface area contributed by atoms with E-state index < -0.39 is 26.3 Å². The molecule has 0 spiro atoms. The van der Waals surface area contributed by atoms with Crippen LogP contribution in [0.4, 0.5) is 11.4 Å². The molecule has 7 rings (SSSR count). The molecule has 0 radical (unpaired) electrons. The number of aliphatic hydroxyl groups is 2. The van der Waals surface area contributed by atoms with E-state index in [1.807, 2.05) is 56.1 Å². The molecule has 0 amide bonds. The first-order chi connectivity index (χ1) is 30.0. The lowest BCUT2D eigenvalue weighted by molar-refractivity contribution is 0.0703. The van der Waals surface area contributed by atoms with Gasteiger partial charge in [0.25, 0.3) is 0 Å². The molecule has 63 heavy (non-hydrogen) atoms. The van der Waals surface area contributed by atoms with Gasteiger partial charge in [0.1, 0.15) is 27.4 Å². The van der Waals surface area contributed by atoms with Crippen LogP contribution in [0, 0.1) is 13.8 Å². The number of rotatable bonds is 13. The Morgan fingerprint density at radius 1 is 0.762 bits per heavy atom. The Bertz CT molecular complexity index is 2720. The van der Waals surface area contributed by atoms with Gasteiger partial charge >= 0.3 is 20.2 Å². The van der Waals surface area contributed by atoms with Gasteiger partial charge in [0.05, 0.1) is 19.3 Å². The third-order valence-corrected chi connectivity index (χ3v) is 13.7. The SMILES string of the molecule is Cc1ccc(S(=O)(=O)Oc2cccc(C(O)c3ccc(Br)cc3CN(C)CCO)c2)cc1.Cc1ccc(S(=O)(=O)Oc2cccc(N3CCOC(C)Cc4cc(Br)ccc43)c2)cc1. The van der Waals surface area contributed by atoms with E-state index in [1.54, 1.807) is 72.8 Å². The molecule has 11 nitrogen and oxygen atoms in total. The van der Waals surface area contributed by atoms with Crippen molar-refractivity contribution in [3.8, 4) is 11.5 Å². The summed E-state index contributed by atoms with van der Waals surface area (Å²) in [7, 11) is -6.02. The second-order valence-corrected chi connectivity index (χ2v) is 20.2. The maximum absolute atomic E-state index is 12.7. The van der Waals surface area contributed by atoms with Gasteiger partial charge in [-0.1, -0.05) is 91.5 Å². The molecule has 15 heteroatoms. The highest BCUT2D eigenvalue weighted by atomic mass is 79.9. The Kier molecular flexibility index (Phi) is 16.3. The second-order valence-electron chi connectivity index (χ2n) is 15.3. The zero-order valence-corrected chi connectivity index (χ0v) is 40.1. The fourth-order valence-electron chi connectivity index (χ4n) is 6.98. The van der Waals surface area contributed by atoms with E-state index in [2.05, 4.69) is 55.8 Å². The van der Waals surface area contributed by atoms with E-state index >= 15 is 0 Å². The first-order valence-corrected chi connectivity index (χ1v) is 24.6. The molecule has 0 saturated heterocycles. The lowest BCUT2D eigenvalue weighted by Gasteiger charge is -2.31. The molecule has 0 aliphatic carbocycles. The van der Waals surface area contributed by atoms with Gasteiger partial charge in [-0.05, 0) is 129 Å². The van der Waals surface area contributed by atoms with E-state index in [1.165, 1.54) is 23.8 Å². The highest BCUT2D eigenvalue weighted by molar-refractivity contribution is 9.10. The van der Waals surface area contributed by atoms with Gasteiger partial charge in [-0.2, -0.15) is 16.8 Å². The van der Waals surface area contributed by atoms with Crippen molar-refractivity contribution in [2.24, 2.45) is 0 Å². The number of nitrogens with zero attached hydrogens (tertiary/aromatic N) is 2. The predicted molar refractivity (Wildman–Crippen MR) is 253 cm³/mol. The smallest absolute Gasteiger partial charge is 0.339 e. The summed E-state index contributed by atoms with van der Waals surface area (Å²) in [5, 5.41) is 20.3. The fraction of sp³-hybridized carbons (Fsp3) is 0.250. The minimum Gasteiger partial charge on any atom is -0.395 e. The lowest BCUT2D eigenvalue weighted by Crippen LogP contribution is -2.29. The predicted octanol–water partition coefficient (Wildman–Crippen LogP) is 9.66. The van der Waals surface area contributed by atoms with Gasteiger partial charge in [-0.15, -0.1) is 0 Å². The summed E-state index contributed by atoms with van der Waals surface area (Å²) in [6, 6.07) is 38.4. The first-order valence-electron chi connectivity index (χ1n) is 20.2. The molecule has 1 aliphatic rings. The van der Waals surface area contributed by atoms with Gasteiger partial charge in [0.15, 0.2) is 0 Å². The fourth-order valence-corrected chi connectivity index (χ4v) is 9.64. The molecule has 2 N–H and O–H groups in total. The van der Waals surface area contributed by atoms with Crippen LogP contribution in [0.25, 0.3) is 0 Å². The number of likely N-dealkylation sites (N-methyl/N-ethyl adjacent to an activating group) is 1. The monoisotopic (exact) mass is 1020 g/mol. The number of ether oxygens (including phenoxy) is 1. The van der Waals surface area contributed by atoms with Gasteiger partial charge < -0.3 is 28.2 Å². The van der Waals surface area contributed by atoms with Crippen LogP contribution in [-0.2, 0) is 37.9 Å². The number of hydrogen-bond donors (Lipinski definition) is 2. The summed E-state index contributed by atoms with van der Waals surface area (Å²) >= 11 is 7.02. The molecule has 6 aromatic rings. The summed E-state index contributed by atoms with van der Waals surface area (Å²) < 4.78 is 69.2. The molecule has 0 saturated carbocycles. The first kappa shape index (κ1) is 47.9. The third-order valence-electron chi connectivity index (χ3n) is 10.2. The molecule has 0 fully saturated rings. The van der Waals surface area contributed by atoms with Crippen LogP contribution in [0.5, 0.6) is 11.5 Å².